The van der Waals surface area contributed by atoms with Crippen LogP contribution < -0.4 is 0 Å². The molecule has 2 heterocycles. The summed E-state index contributed by atoms with van der Waals surface area (Å²) < 4.78 is 0. The maximum absolute atomic E-state index is 13.5. The SMILES string of the molecule is CC(C)CN1C(=O)C2(CCN(C(=O)CN(C)C)CC2)CC1Cc1ccccc1. The lowest BCUT2D eigenvalue weighted by Gasteiger charge is -2.38. The van der Waals surface area contributed by atoms with Crippen molar-refractivity contribution >= 4 is 11.8 Å². The second kappa shape index (κ2) is 8.64. The maximum atomic E-state index is 13.5. The van der Waals surface area contributed by atoms with E-state index >= 15 is 0 Å². The van der Waals surface area contributed by atoms with Crippen LogP contribution in [0.3, 0.4) is 0 Å². The van der Waals surface area contributed by atoms with Gasteiger partial charge in [-0.05, 0) is 51.3 Å². The molecule has 1 unspecified atom stereocenters. The molecule has 0 aromatic heterocycles. The second-order valence-electron chi connectivity index (χ2n) is 9.30. The molecule has 1 aromatic carbocycles. The number of benzene rings is 1. The van der Waals surface area contributed by atoms with E-state index in [-0.39, 0.29) is 17.4 Å². The summed E-state index contributed by atoms with van der Waals surface area (Å²) in [6.07, 6.45) is 3.43. The van der Waals surface area contributed by atoms with Crippen molar-refractivity contribution in [1.82, 2.24) is 14.7 Å². The molecular weight excluding hydrogens is 350 g/mol. The van der Waals surface area contributed by atoms with Crippen LogP contribution in [0.4, 0.5) is 0 Å². The van der Waals surface area contributed by atoms with Gasteiger partial charge in [0.05, 0.1) is 12.0 Å². The summed E-state index contributed by atoms with van der Waals surface area (Å²) in [4.78, 5) is 31.9. The molecule has 2 aliphatic rings. The van der Waals surface area contributed by atoms with Crippen molar-refractivity contribution in [3.8, 4) is 0 Å². The van der Waals surface area contributed by atoms with Gasteiger partial charge in [0, 0.05) is 25.7 Å². The van der Waals surface area contributed by atoms with Crippen molar-refractivity contribution in [1.29, 1.82) is 0 Å². The maximum Gasteiger partial charge on any atom is 0.236 e. The zero-order valence-electron chi connectivity index (χ0n) is 17.9. The summed E-state index contributed by atoms with van der Waals surface area (Å²) in [5.74, 6) is 0.950. The third-order valence-electron chi connectivity index (χ3n) is 6.18. The summed E-state index contributed by atoms with van der Waals surface area (Å²) in [7, 11) is 3.84. The van der Waals surface area contributed by atoms with E-state index in [0.717, 1.165) is 32.2 Å². The summed E-state index contributed by atoms with van der Waals surface area (Å²) in [6, 6.07) is 10.8. The van der Waals surface area contributed by atoms with E-state index < -0.39 is 0 Å². The summed E-state index contributed by atoms with van der Waals surface area (Å²) in [5, 5.41) is 0. The zero-order valence-corrected chi connectivity index (χ0v) is 17.9. The van der Waals surface area contributed by atoms with Crippen LogP contribution in [0.25, 0.3) is 0 Å². The van der Waals surface area contributed by atoms with Crippen LogP contribution >= 0.6 is 0 Å². The van der Waals surface area contributed by atoms with Gasteiger partial charge in [-0.25, -0.2) is 0 Å². The first-order valence-corrected chi connectivity index (χ1v) is 10.6. The van der Waals surface area contributed by atoms with Crippen LogP contribution in [-0.2, 0) is 16.0 Å². The predicted molar refractivity (Wildman–Crippen MR) is 112 cm³/mol. The normalized spacial score (nSPS) is 21.9. The lowest BCUT2D eigenvalue weighted by molar-refractivity contribution is -0.143. The van der Waals surface area contributed by atoms with Crippen molar-refractivity contribution in [2.24, 2.45) is 11.3 Å². The quantitative estimate of drug-likeness (QED) is 0.756. The van der Waals surface area contributed by atoms with E-state index in [1.54, 1.807) is 0 Å². The van der Waals surface area contributed by atoms with Crippen LogP contribution in [-0.4, -0.2) is 72.8 Å². The molecule has 0 radical (unpaired) electrons. The molecule has 3 rings (SSSR count). The topological polar surface area (TPSA) is 43.9 Å². The third-order valence-corrected chi connectivity index (χ3v) is 6.18. The van der Waals surface area contributed by atoms with Gasteiger partial charge in [-0.15, -0.1) is 0 Å². The first-order valence-electron chi connectivity index (χ1n) is 10.6. The number of hydrogen-bond acceptors (Lipinski definition) is 3. The Hall–Kier alpha value is -1.88. The molecule has 28 heavy (non-hydrogen) atoms. The van der Waals surface area contributed by atoms with Gasteiger partial charge >= 0.3 is 0 Å². The van der Waals surface area contributed by atoms with Crippen molar-refractivity contribution in [3.05, 3.63) is 35.9 Å². The zero-order chi connectivity index (χ0) is 20.3. The molecule has 1 aromatic rings. The van der Waals surface area contributed by atoms with Gasteiger partial charge < -0.3 is 14.7 Å². The van der Waals surface area contributed by atoms with Crippen LogP contribution in [0.1, 0.15) is 38.7 Å². The van der Waals surface area contributed by atoms with E-state index in [9.17, 15) is 9.59 Å². The van der Waals surface area contributed by atoms with E-state index in [2.05, 4.69) is 43.0 Å². The Morgan fingerprint density at radius 2 is 1.82 bits per heavy atom. The number of carbonyl (C=O) groups excluding carboxylic acids is 2. The molecule has 0 bridgehead atoms. The summed E-state index contributed by atoms with van der Waals surface area (Å²) in [6.45, 7) is 7.02. The fraction of sp³-hybridized carbons (Fsp3) is 0.652. The highest BCUT2D eigenvalue weighted by Gasteiger charge is 2.52. The molecule has 5 heteroatoms. The largest absolute Gasteiger partial charge is 0.342 e. The highest BCUT2D eigenvalue weighted by atomic mass is 16.2. The van der Waals surface area contributed by atoms with Gasteiger partial charge in [0.15, 0.2) is 0 Å². The number of likely N-dealkylation sites (N-methyl/N-ethyl adjacent to an activating group) is 1. The number of nitrogens with zero attached hydrogens (tertiary/aromatic N) is 3. The number of likely N-dealkylation sites (tertiary alicyclic amines) is 2. The Balaban J connectivity index is 1.71. The highest BCUT2D eigenvalue weighted by Crippen LogP contribution is 2.45. The fourth-order valence-corrected chi connectivity index (χ4v) is 4.79. The molecular formula is C23H35N3O2. The minimum Gasteiger partial charge on any atom is -0.342 e. The molecule has 2 aliphatic heterocycles. The van der Waals surface area contributed by atoms with Crippen LogP contribution in [0.5, 0.6) is 0 Å². The first kappa shape index (κ1) is 20.8. The van der Waals surface area contributed by atoms with E-state index in [4.69, 9.17) is 0 Å². The molecule has 0 saturated carbocycles. The van der Waals surface area contributed by atoms with Crippen molar-refractivity contribution < 1.29 is 9.59 Å². The molecule has 2 amide bonds. The molecule has 0 N–H and O–H groups in total. The molecule has 5 nitrogen and oxygen atoms in total. The van der Waals surface area contributed by atoms with Crippen LogP contribution in [0.2, 0.25) is 0 Å². The number of hydrogen-bond donors (Lipinski definition) is 0. The van der Waals surface area contributed by atoms with E-state index in [0.29, 0.717) is 31.5 Å². The lowest BCUT2D eigenvalue weighted by Crippen LogP contribution is -2.48. The molecule has 1 spiro atoms. The smallest absolute Gasteiger partial charge is 0.236 e. The van der Waals surface area contributed by atoms with E-state index in [1.165, 1.54) is 5.56 Å². The highest BCUT2D eigenvalue weighted by molar-refractivity contribution is 5.86. The van der Waals surface area contributed by atoms with Gasteiger partial charge in [-0.3, -0.25) is 9.59 Å². The first-order chi connectivity index (χ1) is 13.3. The molecule has 1 atom stereocenters. The average Bonchev–Trinajstić information content (AvgIpc) is 2.87. The number of rotatable bonds is 6. The van der Waals surface area contributed by atoms with Gasteiger partial charge in [0.25, 0.3) is 0 Å². The number of amides is 2. The fourth-order valence-electron chi connectivity index (χ4n) is 4.79. The Labute approximate surface area is 169 Å². The third kappa shape index (κ3) is 4.57. The Bertz CT molecular complexity index is 678. The molecule has 0 aliphatic carbocycles. The van der Waals surface area contributed by atoms with Gasteiger partial charge in [-0.2, -0.15) is 0 Å². The van der Waals surface area contributed by atoms with Gasteiger partial charge in [0.2, 0.25) is 11.8 Å². The van der Waals surface area contributed by atoms with E-state index in [1.807, 2.05) is 30.0 Å². The number of carbonyl (C=O) groups is 2. The van der Waals surface area contributed by atoms with Gasteiger partial charge in [-0.1, -0.05) is 44.2 Å². The second-order valence-corrected chi connectivity index (χ2v) is 9.30. The van der Waals surface area contributed by atoms with Crippen LogP contribution in [0.15, 0.2) is 30.3 Å². The standard InChI is InChI=1S/C23H35N3O2/c1-18(2)16-26-20(14-19-8-6-5-7-9-19)15-23(22(26)28)10-12-25(13-11-23)21(27)17-24(3)4/h5-9,18,20H,10-17H2,1-4H3. The molecule has 154 valence electrons. The number of piperidine rings is 1. The van der Waals surface area contributed by atoms with Crippen LogP contribution in [0, 0.1) is 11.3 Å². The summed E-state index contributed by atoms with van der Waals surface area (Å²) in [5.41, 5.74) is 1.02. The van der Waals surface area contributed by atoms with Gasteiger partial charge in [0.1, 0.15) is 0 Å². The lowest BCUT2D eigenvalue weighted by atomic mass is 9.75. The molecule has 2 saturated heterocycles. The Morgan fingerprint density at radius 1 is 1.18 bits per heavy atom. The Morgan fingerprint density at radius 3 is 2.39 bits per heavy atom. The monoisotopic (exact) mass is 385 g/mol. The minimum absolute atomic E-state index is 0.171. The average molecular weight is 386 g/mol. The van der Waals surface area contributed by atoms with Crippen molar-refractivity contribution in [2.45, 2.75) is 45.6 Å². The predicted octanol–water partition coefficient (Wildman–Crippen LogP) is 2.66. The summed E-state index contributed by atoms with van der Waals surface area (Å²) >= 11 is 0. The molecule has 2 fully saturated rings. The Kier molecular flexibility index (Phi) is 6.43. The van der Waals surface area contributed by atoms with Crippen molar-refractivity contribution in [2.75, 3.05) is 40.3 Å². The minimum atomic E-state index is -0.275. The van der Waals surface area contributed by atoms with Crippen molar-refractivity contribution in [3.63, 3.8) is 0 Å².